The van der Waals surface area contributed by atoms with Crippen molar-refractivity contribution >= 4 is 36.0 Å². The van der Waals surface area contributed by atoms with Gasteiger partial charge in [-0.15, -0.1) is 12.4 Å². The maximum Gasteiger partial charge on any atom is 0.242 e. The van der Waals surface area contributed by atoms with Crippen molar-refractivity contribution in [1.29, 1.82) is 0 Å². The average molecular weight is 372 g/mol. The largest absolute Gasteiger partial charge is 0.350 e. The molecule has 0 radical (unpaired) electrons. The highest BCUT2D eigenvalue weighted by molar-refractivity contribution is 7.98. The predicted molar refractivity (Wildman–Crippen MR) is 102 cm³/mol. The summed E-state index contributed by atoms with van der Waals surface area (Å²) in [5.41, 5.74) is 0.953. The maximum atomic E-state index is 12.4. The van der Waals surface area contributed by atoms with Crippen LogP contribution in [0.2, 0.25) is 0 Å². The normalized spacial score (nSPS) is 17.6. The second kappa shape index (κ2) is 11.3. The SMILES string of the molecule is CSCCC(NC(=O)Cc1ccccc1)C(=O)NC1CCNC1.Cl. The van der Waals surface area contributed by atoms with Gasteiger partial charge in [-0.2, -0.15) is 11.8 Å². The van der Waals surface area contributed by atoms with Crippen LogP contribution in [0.4, 0.5) is 0 Å². The molecule has 1 fully saturated rings. The fourth-order valence-electron chi connectivity index (χ4n) is 2.61. The summed E-state index contributed by atoms with van der Waals surface area (Å²) in [5.74, 6) is 0.656. The lowest BCUT2D eigenvalue weighted by Gasteiger charge is -2.20. The summed E-state index contributed by atoms with van der Waals surface area (Å²) in [4.78, 5) is 24.6. The third-order valence-electron chi connectivity index (χ3n) is 3.88. The van der Waals surface area contributed by atoms with E-state index < -0.39 is 6.04 Å². The van der Waals surface area contributed by atoms with Crippen LogP contribution in [0.1, 0.15) is 18.4 Å². The molecule has 2 unspecified atom stereocenters. The van der Waals surface area contributed by atoms with E-state index in [1.54, 1.807) is 11.8 Å². The third kappa shape index (κ3) is 7.11. The molecule has 24 heavy (non-hydrogen) atoms. The summed E-state index contributed by atoms with van der Waals surface area (Å²) < 4.78 is 0. The Morgan fingerprint density at radius 1 is 1.33 bits per heavy atom. The Labute approximate surface area is 154 Å². The third-order valence-corrected chi connectivity index (χ3v) is 4.52. The molecule has 2 amide bonds. The molecule has 1 aromatic carbocycles. The van der Waals surface area contributed by atoms with E-state index >= 15 is 0 Å². The smallest absolute Gasteiger partial charge is 0.242 e. The van der Waals surface area contributed by atoms with Gasteiger partial charge in [0.2, 0.25) is 11.8 Å². The minimum atomic E-state index is -0.459. The van der Waals surface area contributed by atoms with Crippen molar-refractivity contribution in [2.45, 2.75) is 31.3 Å². The number of halogens is 1. The van der Waals surface area contributed by atoms with E-state index in [9.17, 15) is 9.59 Å². The Balaban J connectivity index is 0.00000288. The molecule has 2 rings (SSSR count). The van der Waals surface area contributed by atoms with Gasteiger partial charge in [0.25, 0.3) is 0 Å². The molecule has 0 aromatic heterocycles. The zero-order valence-electron chi connectivity index (χ0n) is 13.9. The first-order valence-electron chi connectivity index (χ1n) is 8.02. The first-order valence-corrected chi connectivity index (χ1v) is 9.41. The van der Waals surface area contributed by atoms with E-state index in [1.807, 2.05) is 36.6 Å². The molecule has 0 spiro atoms. The number of hydrogen-bond donors (Lipinski definition) is 3. The highest BCUT2D eigenvalue weighted by Gasteiger charge is 2.24. The Morgan fingerprint density at radius 3 is 2.71 bits per heavy atom. The van der Waals surface area contributed by atoms with Crippen LogP contribution < -0.4 is 16.0 Å². The second-order valence-corrected chi connectivity index (χ2v) is 6.75. The number of thioether (sulfide) groups is 1. The first kappa shape index (κ1) is 20.8. The summed E-state index contributed by atoms with van der Waals surface area (Å²) >= 11 is 1.68. The van der Waals surface area contributed by atoms with Crippen molar-refractivity contribution in [2.24, 2.45) is 0 Å². The highest BCUT2D eigenvalue weighted by atomic mass is 35.5. The standard InChI is InChI=1S/C17H25N3O2S.ClH/c1-23-10-8-15(17(22)19-14-7-9-18-12-14)20-16(21)11-13-5-3-2-4-6-13;/h2-6,14-15,18H,7-12H2,1H3,(H,19,22)(H,20,21);1H. The Bertz CT molecular complexity index is 510. The molecule has 5 nitrogen and oxygen atoms in total. The van der Waals surface area contributed by atoms with Crippen LogP contribution in [0.15, 0.2) is 30.3 Å². The number of carbonyl (C=O) groups is 2. The Morgan fingerprint density at radius 2 is 2.08 bits per heavy atom. The minimum absolute atomic E-state index is 0. The van der Waals surface area contributed by atoms with E-state index in [4.69, 9.17) is 0 Å². The first-order chi connectivity index (χ1) is 11.2. The lowest BCUT2D eigenvalue weighted by molar-refractivity contribution is -0.129. The van der Waals surface area contributed by atoms with E-state index in [0.29, 0.717) is 12.8 Å². The molecule has 1 saturated heterocycles. The summed E-state index contributed by atoms with van der Waals surface area (Å²) in [6.07, 6.45) is 3.89. The van der Waals surface area contributed by atoms with Gasteiger partial charge in [-0.3, -0.25) is 9.59 Å². The molecule has 2 atom stereocenters. The quantitative estimate of drug-likeness (QED) is 0.645. The van der Waals surface area contributed by atoms with Gasteiger partial charge in [0.15, 0.2) is 0 Å². The van der Waals surface area contributed by atoms with Crippen LogP contribution in [0.3, 0.4) is 0 Å². The van der Waals surface area contributed by atoms with Crippen molar-refractivity contribution in [1.82, 2.24) is 16.0 Å². The van der Waals surface area contributed by atoms with Gasteiger partial charge >= 0.3 is 0 Å². The molecule has 0 aliphatic carbocycles. The fraction of sp³-hybridized carbons (Fsp3) is 0.529. The minimum Gasteiger partial charge on any atom is -0.350 e. The highest BCUT2D eigenvalue weighted by Crippen LogP contribution is 2.05. The molecule has 3 N–H and O–H groups in total. The topological polar surface area (TPSA) is 70.2 Å². The van der Waals surface area contributed by atoms with Crippen molar-refractivity contribution in [3.05, 3.63) is 35.9 Å². The van der Waals surface area contributed by atoms with E-state index in [0.717, 1.165) is 30.8 Å². The van der Waals surface area contributed by atoms with Crippen LogP contribution in [-0.2, 0) is 16.0 Å². The van der Waals surface area contributed by atoms with Crippen molar-refractivity contribution < 1.29 is 9.59 Å². The molecule has 134 valence electrons. The maximum absolute atomic E-state index is 12.4. The summed E-state index contributed by atoms with van der Waals surface area (Å²) in [5, 5.41) is 9.15. The molecule has 1 aliphatic heterocycles. The summed E-state index contributed by atoms with van der Waals surface area (Å²) in [6, 6.07) is 9.29. The zero-order valence-corrected chi connectivity index (χ0v) is 15.6. The van der Waals surface area contributed by atoms with Crippen molar-refractivity contribution in [2.75, 3.05) is 25.1 Å². The van der Waals surface area contributed by atoms with Gasteiger partial charge in [-0.1, -0.05) is 30.3 Å². The van der Waals surface area contributed by atoms with Gasteiger partial charge in [0.1, 0.15) is 6.04 Å². The van der Waals surface area contributed by atoms with Crippen LogP contribution >= 0.6 is 24.2 Å². The monoisotopic (exact) mass is 371 g/mol. The number of nitrogens with one attached hydrogen (secondary N) is 3. The summed E-state index contributed by atoms with van der Waals surface area (Å²) in [6.45, 7) is 1.74. The van der Waals surface area contributed by atoms with Crippen LogP contribution in [0, 0.1) is 0 Å². The number of amides is 2. The second-order valence-electron chi connectivity index (χ2n) is 5.76. The molecular formula is C17H26ClN3O2S. The molecule has 1 heterocycles. The van der Waals surface area contributed by atoms with E-state index in [1.165, 1.54) is 0 Å². The van der Waals surface area contributed by atoms with Gasteiger partial charge in [0, 0.05) is 12.6 Å². The number of benzene rings is 1. The molecule has 1 aromatic rings. The number of hydrogen-bond acceptors (Lipinski definition) is 4. The lowest BCUT2D eigenvalue weighted by Crippen LogP contribution is -2.50. The zero-order chi connectivity index (χ0) is 16.5. The van der Waals surface area contributed by atoms with E-state index in [2.05, 4.69) is 16.0 Å². The predicted octanol–water partition coefficient (Wildman–Crippen LogP) is 1.37. The number of rotatable bonds is 8. The Kier molecular flexibility index (Phi) is 9.83. The average Bonchev–Trinajstić information content (AvgIpc) is 3.05. The molecule has 1 aliphatic rings. The lowest BCUT2D eigenvalue weighted by atomic mass is 10.1. The molecule has 0 bridgehead atoms. The van der Waals surface area contributed by atoms with Crippen molar-refractivity contribution in [3.63, 3.8) is 0 Å². The van der Waals surface area contributed by atoms with Gasteiger partial charge in [-0.05, 0) is 37.0 Å². The van der Waals surface area contributed by atoms with Gasteiger partial charge in [-0.25, -0.2) is 0 Å². The van der Waals surface area contributed by atoms with Crippen molar-refractivity contribution in [3.8, 4) is 0 Å². The molecular weight excluding hydrogens is 346 g/mol. The van der Waals surface area contributed by atoms with E-state index in [-0.39, 0.29) is 30.3 Å². The summed E-state index contributed by atoms with van der Waals surface area (Å²) in [7, 11) is 0. The van der Waals surface area contributed by atoms with Crippen LogP contribution in [-0.4, -0.2) is 49.0 Å². The van der Waals surface area contributed by atoms with Crippen LogP contribution in [0.5, 0.6) is 0 Å². The molecule has 0 saturated carbocycles. The van der Waals surface area contributed by atoms with Gasteiger partial charge in [0.05, 0.1) is 6.42 Å². The number of carbonyl (C=O) groups excluding carboxylic acids is 2. The molecule has 7 heteroatoms. The Hall–Kier alpha value is -1.24. The fourth-order valence-corrected chi connectivity index (χ4v) is 3.08. The van der Waals surface area contributed by atoms with Gasteiger partial charge < -0.3 is 16.0 Å². The van der Waals surface area contributed by atoms with Crippen LogP contribution in [0.25, 0.3) is 0 Å².